The number of hydrogen-bond donors (Lipinski definition) is 3. The largest absolute Gasteiger partial charge is 0.483 e. The number of rotatable bonds is 2. The molecular formula is C24H31N5O3. The number of benzene rings is 1. The Morgan fingerprint density at radius 2 is 1.88 bits per heavy atom. The minimum absolute atomic E-state index is 0.0376. The lowest BCUT2D eigenvalue weighted by atomic mass is 9.74. The van der Waals surface area contributed by atoms with E-state index in [2.05, 4.69) is 37.7 Å². The second kappa shape index (κ2) is 10.5. The number of fused-ring (bicyclic) bond motifs is 1. The first-order chi connectivity index (χ1) is 15.6. The molecule has 0 radical (unpaired) electrons. The van der Waals surface area contributed by atoms with E-state index < -0.39 is 5.41 Å². The minimum atomic E-state index is -0.434. The van der Waals surface area contributed by atoms with E-state index >= 15 is 0 Å². The lowest BCUT2D eigenvalue weighted by molar-refractivity contribution is -0.134. The molecule has 0 aliphatic carbocycles. The number of nitrogens with one attached hydrogen (secondary N) is 3. The third-order valence-electron chi connectivity index (χ3n) is 6.30. The highest BCUT2D eigenvalue weighted by Crippen LogP contribution is 2.36. The molecule has 1 spiro atoms. The van der Waals surface area contributed by atoms with E-state index in [1.165, 1.54) is 0 Å². The molecule has 2 aromatic rings. The number of amides is 2. The molecule has 4 rings (SSSR count). The van der Waals surface area contributed by atoms with Gasteiger partial charge in [0, 0.05) is 25.5 Å². The number of piperidine rings is 1. The molecule has 170 valence electrons. The SMILES string of the molecule is O=C1COc2ccccc2C/C=C/CC2(CCN(Cc3ncc[nH]3)CC2)C(=O)NCCN1. The highest BCUT2D eigenvalue weighted by Gasteiger charge is 2.40. The maximum atomic E-state index is 13.2. The maximum absolute atomic E-state index is 13.2. The molecule has 2 aliphatic heterocycles. The fourth-order valence-corrected chi connectivity index (χ4v) is 4.35. The molecule has 3 N–H and O–H groups in total. The van der Waals surface area contributed by atoms with Gasteiger partial charge in [-0.05, 0) is 50.4 Å². The van der Waals surface area contributed by atoms with Gasteiger partial charge in [-0.3, -0.25) is 14.5 Å². The molecule has 8 nitrogen and oxygen atoms in total. The summed E-state index contributed by atoms with van der Waals surface area (Å²) in [4.78, 5) is 35.1. The van der Waals surface area contributed by atoms with Crippen molar-refractivity contribution in [3.8, 4) is 5.75 Å². The lowest BCUT2D eigenvalue weighted by Gasteiger charge is -2.40. The number of imidazole rings is 1. The van der Waals surface area contributed by atoms with Crippen LogP contribution in [0.3, 0.4) is 0 Å². The van der Waals surface area contributed by atoms with Crippen molar-refractivity contribution in [3.63, 3.8) is 0 Å². The zero-order valence-corrected chi connectivity index (χ0v) is 18.3. The van der Waals surface area contributed by atoms with Crippen molar-refractivity contribution in [1.29, 1.82) is 0 Å². The van der Waals surface area contributed by atoms with Crippen molar-refractivity contribution in [1.82, 2.24) is 25.5 Å². The van der Waals surface area contributed by atoms with Crippen molar-refractivity contribution in [3.05, 3.63) is 60.2 Å². The van der Waals surface area contributed by atoms with Gasteiger partial charge in [-0.25, -0.2) is 4.98 Å². The Labute approximate surface area is 188 Å². The zero-order chi connectivity index (χ0) is 22.2. The van der Waals surface area contributed by atoms with E-state index in [4.69, 9.17) is 4.74 Å². The van der Waals surface area contributed by atoms with Gasteiger partial charge in [-0.15, -0.1) is 0 Å². The maximum Gasteiger partial charge on any atom is 0.258 e. The molecule has 32 heavy (non-hydrogen) atoms. The van der Waals surface area contributed by atoms with Crippen LogP contribution >= 0.6 is 0 Å². The number of likely N-dealkylation sites (tertiary alicyclic amines) is 1. The van der Waals surface area contributed by atoms with Crippen molar-refractivity contribution in [2.24, 2.45) is 5.41 Å². The highest BCUT2D eigenvalue weighted by atomic mass is 16.5. The Kier molecular flexibility index (Phi) is 7.21. The van der Waals surface area contributed by atoms with Gasteiger partial charge in [0.15, 0.2) is 6.61 Å². The summed E-state index contributed by atoms with van der Waals surface area (Å²) in [5, 5.41) is 5.86. The summed E-state index contributed by atoms with van der Waals surface area (Å²) in [6.45, 7) is 3.20. The first-order valence-corrected chi connectivity index (χ1v) is 11.3. The third-order valence-corrected chi connectivity index (χ3v) is 6.30. The summed E-state index contributed by atoms with van der Waals surface area (Å²) >= 11 is 0. The molecule has 1 saturated heterocycles. The summed E-state index contributed by atoms with van der Waals surface area (Å²) in [5.74, 6) is 1.54. The molecule has 0 unspecified atom stereocenters. The van der Waals surface area contributed by atoms with Gasteiger partial charge in [-0.2, -0.15) is 0 Å². The number of aromatic nitrogens is 2. The Balaban J connectivity index is 1.46. The van der Waals surface area contributed by atoms with Crippen LogP contribution in [-0.4, -0.2) is 59.5 Å². The summed E-state index contributed by atoms with van der Waals surface area (Å²) in [6.07, 6.45) is 10.8. The van der Waals surface area contributed by atoms with Crippen LogP contribution in [0, 0.1) is 5.41 Å². The first kappa shape index (κ1) is 22.1. The van der Waals surface area contributed by atoms with Gasteiger partial charge in [0.1, 0.15) is 11.6 Å². The number of hydrogen-bond acceptors (Lipinski definition) is 5. The lowest BCUT2D eigenvalue weighted by Crippen LogP contribution is -2.49. The van der Waals surface area contributed by atoms with E-state index in [1.807, 2.05) is 30.5 Å². The average molecular weight is 438 g/mol. The van der Waals surface area contributed by atoms with Crippen molar-refractivity contribution in [2.75, 3.05) is 32.8 Å². The normalized spacial score (nSPS) is 21.4. The molecule has 1 aromatic carbocycles. The van der Waals surface area contributed by atoms with Crippen LogP contribution in [0.15, 0.2) is 48.8 Å². The van der Waals surface area contributed by atoms with Gasteiger partial charge < -0.3 is 20.4 Å². The quantitative estimate of drug-likeness (QED) is 0.623. The second-order valence-corrected chi connectivity index (χ2v) is 8.47. The van der Waals surface area contributed by atoms with Gasteiger partial charge in [0.05, 0.1) is 12.0 Å². The van der Waals surface area contributed by atoms with E-state index in [9.17, 15) is 9.59 Å². The molecule has 0 atom stereocenters. The first-order valence-electron chi connectivity index (χ1n) is 11.3. The number of aromatic amines is 1. The molecule has 2 aliphatic rings. The van der Waals surface area contributed by atoms with E-state index in [0.717, 1.165) is 49.6 Å². The monoisotopic (exact) mass is 437 g/mol. The summed E-state index contributed by atoms with van der Waals surface area (Å²) in [7, 11) is 0. The topological polar surface area (TPSA) is 99.3 Å². The highest BCUT2D eigenvalue weighted by molar-refractivity contribution is 5.83. The number of nitrogens with zero attached hydrogens (tertiary/aromatic N) is 2. The molecular weight excluding hydrogens is 406 g/mol. The van der Waals surface area contributed by atoms with E-state index in [1.54, 1.807) is 6.20 Å². The van der Waals surface area contributed by atoms with E-state index in [-0.39, 0.29) is 18.4 Å². The van der Waals surface area contributed by atoms with Crippen LogP contribution in [0.4, 0.5) is 0 Å². The van der Waals surface area contributed by atoms with Crippen LogP contribution in [0.2, 0.25) is 0 Å². The number of allylic oxidation sites excluding steroid dienone is 2. The Bertz CT molecular complexity index is 933. The zero-order valence-electron chi connectivity index (χ0n) is 18.3. The summed E-state index contributed by atoms with van der Waals surface area (Å²) in [6, 6.07) is 7.76. The number of para-hydroxylation sites is 1. The second-order valence-electron chi connectivity index (χ2n) is 8.47. The average Bonchev–Trinajstić information content (AvgIpc) is 3.32. The van der Waals surface area contributed by atoms with Crippen LogP contribution < -0.4 is 15.4 Å². The van der Waals surface area contributed by atoms with Crippen LogP contribution in [0.25, 0.3) is 0 Å². The minimum Gasteiger partial charge on any atom is -0.483 e. The van der Waals surface area contributed by atoms with Crippen molar-refractivity contribution < 1.29 is 14.3 Å². The Morgan fingerprint density at radius 1 is 1.06 bits per heavy atom. The number of ether oxygens (including phenoxy) is 1. The van der Waals surface area contributed by atoms with Crippen LogP contribution in [-0.2, 0) is 22.6 Å². The van der Waals surface area contributed by atoms with Crippen molar-refractivity contribution in [2.45, 2.75) is 32.2 Å². The Morgan fingerprint density at radius 3 is 2.69 bits per heavy atom. The molecule has 3 heterocycles. The molecule has 0 bridgehead atoms. The number of carbonyl (C=O) groups excluding carboxylic acids is 2. The molecule has 0 saturated carbocycles. The Hall–Kier alpha value is -3.13. The molecule has 1 aromatic heterocycles. The molecule has 2 amide bonds. The predicted octanol–water partition coefficient (Wildman–Crippen LogP) is 1.81. The van der Waals surface area contributed by atoms with Gasteiger partial charge in [-0.1, -0.05) is 30.4 Å². The predicted molar refractivity (Wildman–Crippen MR) is 121 cm³/mol. The smallest absolute Gasteiger partial charge is 0.258 e. The van der Waals surface area contributed by atoms with Crippen LogP contribution in [0.5, 0.6) is 5.75 Å². The fraction of sp³-hybridized carbons (Fsp3) is 0.458. The number of carbonyl (C=O) groups is 2. The molecule has 1 fully saturated rings. The van der Waals surface area contributed by atoms with Gasteiger partial charge in [0.25, 0.3) is 5.91 Å². The summed E-state index contributed by atoms with van der Waals surface area (Å²) in [5.41, 5.74) is 0.592. The van der Waals surface area contributed by atoms with Crippen LogP contribution in [0.1, 0.15) is 30.7 Å². The third kappa shape index (κ3) is 5.56. The van der Waals surface area contributed by atoms with E-state index in [0.29, 0.717) is 25.9 Å². The number of H-pyrrole nitrogens is 1. The van der Waals surface area contributed by atoms with Crippen molar-refractivity contribution >= 4 is 11.8 Å². The summed E-state index contributed by atoms with van der Waals surface area (Å²) < 4.78 is 5.72. The van der Waals surface area contributed by atoms with Gasteiger partial charge >= 0.3 is 0 Å². The fourth-order valence-electron chi connectivity index (χ4n) is 4.35. The van der Waals surface area contributed by atoms with Gasteiger partial charge in [0.2, 0.25) is 5.91 Å². The molecule has 8 heteroatoms. The standard InChI is InChI=1S/C24H31N5O3/c30-22-18-32-20-7-2-1-5-19(20)6-3-4-8-24(23(31)28-14-13-27-22)9-15-29(16-10-24)17-21-25-11-12-26-21/h1-5,7,11-12H,6,8-10,13-18H2,(H,25,26)(H,27,30)(H,28,31)/b4-3+.